The maximum absolute atomic E-state index is 12.6. The average molecular weight is 376 g/mol. The first kappa shape index (κ1) is 21.1. The number of carbonyl (C=O) groups excluding carboxylic acids is 2. The van der Waals surface area contributed by atoms with E-state index >= 15 is 0 Å². The summed E-state index contributed by atoms with van der Waals surface area (Å²) in [6.07, 6.45) is 1.52. The molecule has 0 spiro atoms. The number of carbonyl (C=O) groups is 2. The second-order valence-corrected chi connectivity index (χ2v) is 7.35. The molecule has 6 heteroatoms. The molecule has 3 amide bonds. The summed E-state index contributed by atoms with van der Waals surface area (Å²) in [6.45, 7) is 12.6. The highest BCUT2D eigenvalue weighted by molar-refractivity contribution is 5.93. The van der Waals surface area contributed by atoms with Gasteiger partial charge in [-0.25, -0.2) is 4.79 Å². The van der Waals surface area contributed by atoms with Gasteiger partial charge in [0.1, 0.15) is 5.75 Å². The fourth-order valence-corrected chi connectivity index (χ4v) is 3.38. The quantitative estimate of drug-likeness (QED) is 0.820. The normalized spacial score (nSPS) is 15.0. The van der Waals surface area contributed by atoms with Crippen LogP contribution in [0.3, 0.4) is 0 Å². The molecule has 1 N–H and O–H groups in total. The molecule has 1 heterocycles. The number of rotatable bonds is 6. The lowest BCUT2D eigenvalue weighted by Crippen LogP contribution is -2.47. The molecule has 1 saturated heterocycles. The van der Waals surface area contributed by atoms with Crippen LogP contribution < -0.4 is 10.1 Å². The van der Waals surface area contributed by atoms with Crippen LogP contribution in [-0.2, 0) is 4.79 Å². The van der Waals surface area contributed by atoms with Crippen LogP contribution in [-0.4, -0.2) is 54.0 Å². The molecule has 0 aromatic heterocycles. The Hall–Kier alpha value is -2.24. The maximum atomic E-state index is 12.6. The van der Waals surface area contributed by atoms with Crippen LogP contribution >= 0.6 is 0 Å². The van der Waals surface area contributed by atoms with Crippen molar-refractivity contribution in [3.05, 3.63) is 23.8 Å². The number of amides is 3. The van der Waals surface area contributed by atoms with E-state index in [1.807, 2.05) is 62.6 Å². The first-order chi connectivity index (χ1) is 12.8. The number of nitrogens with one attached hydrogen (secondary N) is 1. The van der Waals surface area contributed by atoms with Crippen molar-refractivity contribution in [2.24, 2.45) is 5.92 Å². The van der Waals surface area contributed by atoms with Gasteiger partial charge in [0.05, 0.1) is 6.10 Å². The van der Waals surface area contributed by atoms with Gasteiger partial charge in [-0.2, -0.15) is 0 Å². The zero-order chi connectivity index (χ0) is 20.0. The van der Waals surface area contributed by atoms with E-state index in [-0.39, 0.29) is 24.0 Å². The molecule has 1 aromatic carbocycles. The van der Waals surface area contributed by atoms with Gasteiger partial charge in [0.2, 0.25) is 5.91 Å². The Labute approximate surface area is 162 Å². The van der Waals surface area contributed by atoms with E-state index in [9.17, 15) is 9.59 Å². The van der Waals surface area contributed by atoms with Crippen molar-refractivity contribution in [2.75, 3.05) is 31.5 Å². The third-order valence-electron chi connectivity index (χ3n) is 5.00. The molecule has 1 aliphatic heterocycles. The fourth-order valence-electron chi connectivity index (χ4n) is 3.38. The van der Waals surface area contributed by atoms with E-state index in [0.717, 1.165) is 17.0 Å². The highest BCUT2D eigenvalue weighted by Gasteiger charge is 2.29. The topological polar surface area (TPSA) is 61.9 Å². The summed E-state index contributed by atoms with van der Waals surface area (Å²) in [5.74, 6) is 0.783. The smallest absolute Gasteiger partial charge is 0.319 e. The van der Waals surface area contributed by atoms with Gasteiger partial charge >= 0.3 is 6.03 Å². The zero-order valence-corrected chi connectivity index (χ0v) is 17.2. The lowest BCUT2D eigenvalue weighted by Gasteiger charge is -2.34. The fraction of sp³-hybridized carbons (Fsp3) is 0.619. The summed E-state index contributed by atoms with van der Waals surface area (Å²) in [7, 11) is 0. The molecule has 0 bridgehead atoms. The van der Waals surface area contributed by atoms with E-state index in [2.05, 4.69) is 5.32 Å². The minimum absolute atomic E-state index is 0.0329. The molecular weight excluding hydrogens is 342 g/mol. The van der Waals surface area contributed by atoms with Crippen molar-refractivity contribution in [3.8, 4) is 5.75 Å². The summed E-state index contributed by atoms with van der Waals surface area (Å²) in [5.41, 5.74) is 1.80. The molecule has 150 valence electrons. The highest BCUT2D eigenvalue weighted by Crippen LogP contribution is 2.25. The maximum Gasteiger partial charge on any atom is 0.319 e. The number of anilines is 1. The van der Waals surface area contributed by atoms with Gasteiger partial charge in [-0.15, -0.1) is 0 Å². The van der Waals surface area contributed by atoms with Crippen molar-refractivity contribution in [1.29, 1.82) is 0 Å². The molecule has 1 aliphatic rings. The highest BCUT2D eigenvalue weighted by atomic mass is 16.5. The van der Waals surface area contributed by atoms with Crippen molar-refractivity contribution in [3.63, 3.8) is 0 Å². The van der Waals surface area contributed by atoms with E-state index in [0.29, 0.717) is 39.0 Å². The lowest BCUT2D eigenvalue weighted by atomic mass is 9.96. The number of nitrogens with zero attached hydrogens (tertiary/aromatic N) is 2. The number of aryl methyl sites for hydroxylation is 1. The number of likely N-dealkylation sites (tertiary alicyclic amines) is 1. The molecule has 0 saturated carbocycles. The Morgan fingerprint density at radius 1 is 1.22 bits per heavy atom. The minimum atomic E-state index is -0.0586. The van der Waals surface area contributed by atoms with E-state index in [1.54, 1.807) is 0 Å². The second-order valence-electron chi connectivity index (χ2n) is 7.35. The molecule has 27 heavy (non-hydrogen) atoms. The van der Waals surface area contributed by atoms with Gasteiger partial charge < -0.3 is 19.9 Å². The number of hydrogen-bond donors (Lipinski definition) is 1. The number of urea groups is 1. The summed E-state index contributed by atoms with van der Waals surface area (Å²) in [4.78, 5) is 28.8. The predicted octanol–water partition coefficient (Wildman–Crippen LogP) is 3.89. The number of ether oxygens (including phenoxy) is 1. The van der Waals surface area contributed by atoms with Gasteiger partial charge in [-0.05, 0) is 71.2 Å². The molecule has 0 radical (unpaired) electrons. The van der Waals surface area contributed by atoms with E-state index in [4.69, 9.17) is 4.74 Å². The lowest BCUT2D eigenvalue weighted by molar-refractivity contribution is -0.121. The molecule has 0 atom stereocenters. The Balaban J connectivity index is 1.90. The largest absolute Gasteiger partial charge is 0.491 e. The van der Waals surface area contributed by atoms with Crippen LogP contribution in [0.1, 0.15) is 46.1 Å². The van der Waals surface area contributed by atoms with Crippen molar-refractivity contribution < 1.29 is 14.3 Å². The van der Waals surface area contributed by atoms with Gasteiger partial charge in [0.25, 0.3) is 0 Å². The van der Waals surface area contributed by atoms with Gasteiger partial charge in [0.15, 0.2) is 0 Å². The van der Waals surface area contributed by atoms with E-state index < -0.39 is 0 Å². The van der Waals surface area contributed by atoms with Crippen molar-refractivity contribution in [1.82, 2.24) is 9.80 Å². The average Bonchev–Trinajstić information content (AvgIpc) is 2.64. The van der Waals surface area contributed by atoms with Crippen molar-refractivity contribution in [2.45, 2.75) is 53.6 Å². The van der Waals surface area contributed by atoms with Crippen LogP contribution in [0.5, 0.6) is 5.75 Å². The molecule has 1 fully saturated rings. The molecule has 2 rings (SSSR count). The summed E-state index contributed by atoms with van der Waals surface area (Å²) < 4.78 is 5.69. The van der Waals surface area contributed by atoms with Gasteiger partial charge in [-0.3, -0.25) is 4.79 Å². The van der Waals surface area contributed by atoms with Crippen LogP contribution in [0.4, 0.5) is 10.5 Å². The van der Waals surface area contributed by atoms with Crippen LogP contribution in [0.2, 0.25) is 0 Å². The summed E-state index contributed by atoms with van der Waals surface area (Å²) >= 11 is 0. The monoisotopic (exact) mass is 375 g/mol. The van der Waals surface area contributed by atoms with Crippen LogP contribution in [0.25, 0.3) is 0 Å². The predicted molar refractivity (Wildman–Crippen MR) is 108 cm³/mol. The third-order valence-corrected chi connectivity index (χ3v) is 5.00. The molecular formula is C21H33N3O3. The molecule has 0 unspecified atom stereocenters. The number of piperidine rings is 1. The van der Waals surface area contributed by atoms with Crippen LogP contribution in [0, 0.1) is 12.8 Å². The Kier molecular flexibility index (Phi) is 7.51. The second kappa shape index (κ2) is 9.62. The first-order valence-corrected chi connectivity index (χ1v) is 9.97. The number of benzene rings is 1. The minimum Gasteiger partial charge on any atom is -0.491 e. The Bertz CT molecular complexity index is 648. The SMILES string of the molecule is CCN(CC)C(=O)N1CCC(C(=O)Nc2ccc(OC(C)C)cc2C)CC1. The standard InChI is InChI=1S/C21H33N3O3/c1-6-23(7-2)21(26)24-12-10-17(11-13-24)20(25)22-19-9-8-18(14-16(19)5)27-15(3)4/h8-9,14-15,17H,6-7,10-13H2,1-5H3,(H,22,25). The summed E-state index contributed by atoms with van der Waals surface area (Å²) in [6, 6.07) is 5.80. The third kappa shape index (κ3) is 5.62. The molecule has 1 aromatic rings. The zero-order valence-electron chi connectivity index (χ0n) is 17.2. The first-order valence-electron chi connectivity index (χ1n) is 9.97. The number of hydrogen-bond acceptors (Lipinski definition) is 3. The van der Waals surface area contributed by atoms with Gasteiger partial charge in [-0.1, -0.05) is 0 Å². The Morgan fingerprint density at radius 2 is 1.85 bits per heavy atom. The van der Waals surface area contributed by atoms with E-state index in [1.165, 1.54) is 0 Å². The van der Waals surface area contributed by atoms with Crippen LogP contribution in [0.15, 0.2) is 18.2 Å². The van der Waals surface area contributed by atoms with Crippen molar-refractivity contribution >= 4 is 17.6 Å². The summed E-state index contributed by atoms with van der Waals surface area (Å²) in [5, 5.41) is 3.04. The Morgan fingerprint density at radius 3 is 2.37 bits per heavy atom. The molecule has 6 nitrogen and oxygen atoms in total. The molecule has 0 aliphatic carbocycles. The van der Waals surface area contributed by atoms with Gasteiger partial charge in [0, 0.05) is 37.8 Å².